The van der Waals surface area contributed by atoms with Crippen molar-refractivity contribution in [2.45, 2.75) is 39.3 Å². The number of nitrogens with one attached hydrogen (secondary N) is 2. The van der Waals surface area contributed by atoms with Gasteiger partial charge < -0.3 is 30.3 Å². The first kappa shape index (κ1) is 30.9. The Balaban J connectivity index is 1.59. The summed E-state index contributed by atoms with van der Waals surface area (Å²) in [6.07, 6.45) is -0.308. The largest absolute Gasteiger partial charge is 0.478 e. The van der Waals surface area contributed by atoms with Gasteiger partial charge in [-0.1, -0.05) is 42.5 Å². The molecule has 3 amide bonds. The van der Waals surface area contributed by atoms with Crippen LogP contribution >= 0.6 is 0 Å². The van der Waals surface area contributed by atoms with Crippen molar-refractivity contribution in [3.63, 3.8) is 0 Å². The van der Waals surface area contributed by atoms with Gasteiger partial charge in [-0.25, -0.2) is 19.6 Å². The van der Waals surface area contributed by atoms with Crippen LogP contribution in [-0.2, 0) is 16.0 Å². The highest BCUT2D eigenvalue weighted by atomic mass is 16.6. The Hall–Kier alpha value is -5.00. The van der Waals surface area contributed by atoms with Gasteiger partial charge in [0, 0.05) is 50.3 Å². The fourth-order valence-corrected chi connectivity index (χ4v) is 4.65. The number of anilines is 1. The van der Waals surface area contributed by atoms with E-state index in [1.54, 1.807) is 34.9 Å². The van der Waals surface area contributed by atoms with Crippen LogP contribution in [0.4, 0.5) is 10.6 Å². The van der Waals surface area contributed by atoms with Gasteiger partial charge in [0.15, 0.2) is 5.82 Å². The molecule has 1 unspecified atom stereocenters. The van der Waals surface area contributed by atoms with Crippen molar-refractivity contribution in [3.05, 3.63) is 77.5 Å². The van der Waals surface area contributed by atoms with Gasteiger partial charge in [-0.15, -0.1) is 0 Å². The van der Waals surface area contributed by atoms with Crippen LogP contribution in [0.3, 0.4) is 0 Å². The molecule has 1 atom stereocenters. The maximum absolute atomic E-state index is 13.8. The Kier molecular flexibility index (Phi) is 10.3. The monoisotopic (exact) mass is 588 g/mol. The molecule has 1 fully saturated rings. The molecule has 2 aromatic carbocycles. The van der Waals surface area contributed by atoms with Gasteiger partial charge in [-0.2, -0.15) is 0 Å². The second kappa shape index (κ2) is 14.3. The number of amides is 3. The number of rotatable bonds is 10. The molecular weight excluding hydrogens is 552 g/mol. The number of hydrogen-bond donors (Lipinski definition) is 3. The number of benzene rings is 2. The Labute approximate surface area is 250 Å². The number of aromatic carboxylic acids is 1. The van der Waals surface area contributed by atoms with Gasteiger partial charge in [0.05, 0.1) is 12.2 Å². The van der Waals surface area contributed by atoms with Crippen LogP contribution in [-0.4, -0.2) is 93.6 Å². The number of hydrogen-bond acceptors (Lipinski definition) is 8. The second-order valence-corrected chi connectivity index (χ2v) is 10.4. The van der Waals surface area contributed by atoms with Crippen molar-refractivity contribution < 1.29 is 29.0 Å². The quantitative estimate of drug-likeness (QED) is 0.324. The predicted molar refractivity (Wildman–Crippen MR) is 160 cm³/mol. The summed E-state index contributed by atoms with van der Waals surface area (Å²) < 4.78 is 5.07. The third-order valence-electron chi connectivity index (χ3n) is 6.79. The molecule has 1 saturated heterocycles. The van der Waals surface area contributed by atoms with Crippen molar-refractivity contribution in [2.75, 3.05) is 38.1 Å². The minimum atomic E-state index is -1.06. The van der Waals surface area contributed by atoms with E-state index in [0.29, 0.717) is 30.3 Å². The minimum Gasteiger partial charge on any atom is -0.478 e. The minimum absolute atomic E-state index is 0.0470. The molecule has 226 valence electrons. The number of carboxylic acid groups (broad SMARTS) is 1. The lowest BCUT2D eigenvalue weighted by molar-refractivity contribution is -0.134. The van der Waals surface area contributed by atoms with E-state index in [4.69, 9.17) is 4.74 Å². The van der Waals surface area contributed by atoms with Crippen molar-refractivity contribution in [3.8, 4) is 11.4 Å². The average molecular weight is 589 g/mol. The van der Waals surface area contributed by atoms with Crippen molar-refractivity contribution in [1.29, 1.82) is 0 Å². The molecule has 2 heterocycles. The molecule has 1 aliphatic heterocycles. The van der Waals surface area contributed by atoms with E-state index in [1.165, 1.54) is 12.1 Å². The van der Waals surface area contributed by atoms with Crippen LogP contribution < -0.4 is 10.6 Å². The van der Waals surface area contributed by atoms with E-state index in [9.17, 15) is 24.3 Å². The highest BCUT2D eigenvalue weighted by Crippen LogP contribution is 2.19. The SMILES string of the molecule is CCOC(=O)N1CCN(C(=O)C(Cc2ccc(C(=O)O)cc2)NC(=O)c2cc(NC(C)C)nc(-c3ccccc3)n2)CC1. The number of carbonyl (C=O) groups excluding carboxylic acids is 3. The predicted octanol–water partition coefficient (Wildman–Crippen LogP) is 3.30. The zero-order valence-electron chi connectivity index (χ0n) is 24.4. The van der Waals surface area contributed by atoms with Gasteiger partial charge in [-0.3, -0.25) is 9.59 Å². The summed E-state index contributed by atoms with van der Waals surface area (Å²) in [7, 11) is 0. The molecule has 1 aliphatic rings. The molecule has 1 aromatic heterocycles. The number of piperazine rings is 1. The Morgan fingerprint density at radius 3 is 2.19 bits per heavy atom. The van der Waals surface area contributed by atoms with Crippen molar-refractivity contribution in [2.24, 2.45) is 0 Å². The van der Waals surface area contributed by atoms with Gasteiger partial charge in [0.1, 0.15) is 17.6 Å². The number of nitrogens with zero attached hydrogens (tertiary/aromatic N) is 4. The lowest BCUT2D eigenvalue weighted by atomic mass is 10.0. The first-order chi connectivity index (χ1) is 20.6. The molecular formula is C31H36N6O6. The fraction of sp³-hybridized carbons (Fsp3) is 0.355. The second-order valence-electron chi connectivity index (χ2n) is 10.4. The van der Waals surface area contributed by atoms with E-state index in [0.717, 1.165) is 5.56 Å². The first-order valence-electron chi connectivity index (χ1n) is 14.2. The van der Waals surface area contributed by atoms with Crippen LogP contribution in [0.25, 0.3) is 11.4 Å². The summed E-state index contributed by atoms with van der Waals surface area (Å²) in [6, 6.07) is 16.1. The molecule has 4 rings (SSSR count). The number of carbonyl (C=O) groups is 4. The van der Waals surface area contributed by atoms with E-state index in [1.807, 2.05) is 44.2 Å². The zero-order valence-corrected chi connectivity index (χ0v) is 24.4. The Morgan fingerprint density at radius 1 is 0.930 bits per heavy atom. The first-order valence-corrected chi connectivity index (χ1v) is 14.2. The lowest BCUT2D eigenvalue weighted by Crippen LogP contribution is -2.56. The van der Waals surface area contributed by atoms with Crippen molar-refractivity contribution >= 4 is 29.7 Å². The maximum atomic E-state index is 13.8. The number of carboxylic acids is 1. The van der Waals surface area contributed by atoms with E-state index < -0.39 is 24.0 Å². The number of ether oxygens (including phenoxy) is 1. The molecule has 0 aliphatic carbocycles. The molecule has 0 saturated carbocycles. The molecule has 0 spiro atoms. The smallest absolute Gasteiger partial charge is 0.409 e. The summed E-state index contributed by atoms with van der Waals surface area (Å²) in [5.41, 5.74) is 1.60. The standard InChI is InChI=1S/C31H36N6O6/c1-4-43-31(42)37-16-14-36(15-17-37)29(39)25(18-21-10-12-23(13-11-21)30(40)41)34-28(38)24-19-26(32-20(2)3)35-27(33-24)22-8-6-5-7-9-22/h5-13,19-20,25H,4,14-18H2,1-3H3,(H,34,38)(H,40,41)(H,32,33,35). The summed E-state index contributed by atoms with van der Waals surface area (Å²) >= 11 is 0. The fourth-order valence-electron chi connectivity index (χ4n) is 4.65. The molecule has 12 nitrogen and oxygen atoms in total. The van der Waals surface area contributed by atoms with Crippen LogP contribution in [0.5, 0.6) is 0 Å². The summed E-state index contributed by atoms with van der Waals surface area (Å²) in [4.78, 5) is 63.1. The third-order valence-corrected chi connectivity index (χ3v) is 6.79. The number of aromatic nitrogens is 2. The lowest BCUT2D eigenvalue weighted by Gasteiger charge is -2.36. The van der Waals surface area contributed by atoms with E-state index >= 15 is 0 Å². The Morgan fingerprint density at radius 2 is 1.58 bits per heavy atom. The van der Waals surface area contributed by atoms with Crippen LogP contribution in [0.2, 0.25) is 0 Å². The Bertz CT molecular complexity index is 1440. The van der Waals surface area contributed by atoms with Gasteiger partial charge in [-0.05, 0) is 38.5 Å². The van der Waals surface area contributed by atoms with Crippen molar-refractivity contribution in [1.82, 2.24) is 25.1 Å². The molecule has 3 N–H and O–H groups in total. The molecule has 0 bridgehead atoms. The van der Waals surface area contributed by atoms with Gasteiger partial charge in [0.25, 0.3) is 5.91 Å². The van der Waals surface area contributed by atoms with E-state index in [-0.39, 0.29) is 49.3 Å². The van der Waals surface area contributed by atoms with E-state index in [2.05, 4.69) is 20.6 Å². The van der Waals surface area contributed by atoms with Gasteiger partial charge >= 0.3 is 12.1 Å². The summed E-state index contributed by atoms with van der Waals surface area (Å²) in [5.74, 6) is -1.11. The third kappa shape index (κ3) is 8.28. The van der Waals surface area contributed by atoms with Crippen LogP contribution in [0, 0.1) is 0 Å². The highest BCUT2D eigenvalue weighted by molar-refractivity contribution is 5.97. The average Bonchev–Trinajstić information content (AvgIpc) is 3.00. The van der Waals surface area contributed by atoms with Gasteiger partial charge in [0.2, 0.25) is 5.91 Å². The van der Waals surface area contributed by atoms with Crippen LogP contribution in [0.1, 0.15) is 47.2 Å². The summed E-state index contributed by atoms with van der Waals surface area (Å²) in [5, 5.41) is 15.3. The molecule has 43 heavy (non-hydrogen) atoms. The van der Waals surface area contributed by atoms with Crippen LogP contribution in [0.15, 0.2) is 60.7 Å². The summed E-state index contributed by atoms with van der Waals surface area (Å²) in [6.45, 7) is 7.05. The molecule has 12 heteroatoms. The normalized spacial score (nSPS) is 13.8. The maximum Gasteiger partial charge on any atom is 0.409 e. The highest BCUT2D eigenvalue weighted by Gasteiger charge is 2.31. The molecule has 0 radical (unpaired) electrons. The topological polar surface area (TPSA) is 154 Å². The molecule has 3 aromatic rings. The zero-order chi connectivity index (χ0) is 30.9.